The number of rotatable bonds is 2. The number of hydrogen-bond donors (Lipinski definition) is 1. The van der Waals surface area contributed by atoms with Gasteiger partial charge >= 0.3 is 0 Å². The molecule has 0 saturated carbocycles. The summed E-state index contributed by atoms with van der Waals surface area (Å²) < 4.78 is 24.5. The summed E-state index contributed by atoms with van der Waals surface area (Å²) >= 11 is 2.76. The molecule has 0 aromatic carbocycles. The summed E-state index contributed by atoms with van der Waals surface area (Å²) in [6.07, 6.45) is -3.17. The van der Waals surface area contributed by atoms with Crippen molar-refractivity contribution >= 4 is 21.6 Å². The van der Waals surface area contributed by atoms with Crippen LogP contribution >= 0.6 is 15.9 Å². The molecule has 0 fully saturated rings. The summed E-state index contributed by atoms with van der Waals surface area (Å²) in [5.74, 6) is 0. The van der Waals surface area contributed by atoms with Gasteiger partial charge in [0.05, 0.1) is 9.53 Å². The minimum Gasteiger partial charge on any atom is -0.316 e. The van der Waals surface area contributed by atoms with E-state index in [1.54, 1.807) is 0 Å². The Balaban J connectivity index is 3.53. The topological polar surface area (TPSA) is 76.0 Å². The van der Waals surface area contributed by atoms with Gasteiger partial charge in [0.25, 0.3) is 17.7 Å². The molecule has 1 rings (SSSR count). The van der Waals surface area contributed by atoms with E-state index in [9.17, 15) is 23.7 Å². The van der Waals surface area contributed by atoms with Crippen molar-refractivity contribution in [1.29, 1.82) is 0 Å². The zero-order valence-electron chi connectivity index (χ0n) is 6.46. The van der Waals surface area contributed by atoms with E-state index < -0.39 is 28.2 Å². The summed E-state index contributed by atoms with van der Waals surface area (Å²) in [4.78, 5) is 22.2. The van der Waals surface area contributed by atoms with Crippen LogP contribution in [0.5, 0.6) is 0 Å². The SMILES string of the molecule is O=c1[nH]c(Br)cc([N+](=O)[O-])c1C(F)F. The fourth-order valence-corrected chi connectivity index (χ4v) is 1.28. The normalized spacial score (nSPS) is 10.6. The maximum atomic E-state index is 12.2. The van der Waals surface area contributed by atoms with Crippen LogP contribution in [-0.2, 0) is 0 Å². The van der Waals surface area contributed by atoms with Gasteiger partial charge in [0.2, 0.25) is 0 Å². The third-order valence-electron chi connectivity index (χ3n) is 1.43. The molecule has 14 heavy (non-hydrogen) atoms. The van der Waals surface area contributed by atoms with E-state index in [0.29, 0.717) is 0 Å². The number of nitrogens with one attached hydrogen (secondary N) is 1. The molecule has 1 heterocycles. The minimum absolute atomic E-state index is 0.0152. The van der Waals surface area contributed by atoms with Gasteiger partial charge in [0.1, 0.15) is 0 Å². The van der Waals surface area contributed by atoms with Crippen LogP contribution in [0.1, 0.15) is 12.0 Å². The lowest BCUT2D eigenvalue weighted by Gasteiger charge is -2.00. The predicted molar refractivity (Wildman–Crippen MR) is 46.4 cm³/mol. The maximum absolute atomic E-state index is 12.2. The first-order chi connectivity index (χ1) is 6.43. The first-order valence-electron chi connectivity index (χ1n) is 3.28. The quantitative estimate of drug-likeness (QED) is 0.506. The molecular formula is C6H3BrF2N2O3. The van der Waals surface area contributed by atoms with Gasteiger partial charge in [0.15, 0.2) is 5.56 Å². The molecule has 1 aromatic heterocycles. The van der Waals surface area contributed by atoms with E-state index in [1.165, 1.54) is 0 Å². The number of nitro groups is 1. The van der Waals surface area contributed by atoms with Crippen molar-refractivity contribution in [1.82, 2.24) is 4.98 Å². The fraction of sp³-hybridized carbons (Fsp3) is 0.167. The molecule has 0 bridgehead atoms. The second-order valence-electron chi connectivity index (χ2n) is 2.30. The average Bonchev–Trinajstić information content (AvgIpc) is 2.01. The highest BCUT2D eigenvalue weighted by atomic mass is 79.9. The highest BCUT2D eigenvalue weighted by Gasteiger charge is 2.26. The molecule has 1 aromatic rings. The smallest absolute Gasteiger partial charge is 0.286 e. The first-order valence-corrected chi connectivity index (χ1v) is 4.08. The Hall–Kier alpha value is -1.31. The predicted octanol–water partition coefficient (Wildman–Crippen LogP) is 1.98. The number of aromatic nitrogens is 1. The zero-order chi connectivity index (χ0) is 10.9. The Labute approximate surface area is 84.0 Å². The third-order valence-corrected chi connectivity index (χ3v) is 1.86. The molecule has 0 atom stereocenters. The Kier molecular flexibility index (Phi) is 2.94. The molecule has 8 heteroatoms. The van der Waals surface area contributed by atoms with E-state index in [1.807, 2.05) is 4.98 Å². The van der Waals surface area contributed by atoms with Gasteiger partial charge < -0.3 is 4.98 Å². The van der Waals surface area contributed by atoms with Crippen molar-refractivity contribution < 1.29 is 13.7 Å². The van der Waals surface area contributed by atoms with E-state index >= 15 is 0 Å². The summed E-state index contributed by atoms with van der Waals surface area (Å²) in [5.41, 5.74) is -3.19. The lowest BCUT2D eigenvalue weighted by atomic mass is 10.2. The van der Waals surface area contributed by atoms with Crippen LogP contribution in [0, 0.1) is 10.1 Å². The molecular weight excluding hydrogens is 266 g/mol. The summed E-state index contributed by atoms with van der Waals surface area (Å²) in [6, 6.07) is 0.822. The van der Waals surface area contributed by atoms with Gasteiger partial charge in [0, 0.05) is 6.07 Å². The Morgan fingerprint density at radius 1 is 1.57 bits per heavy atom. The summed E-state index contributed by atoms with van der Waals surface area (Å²) in [5, 5.41) is 10.3. The molecule has 76 valence electrons. The monoisotopic (exact) mass is 268 g/mol. The number of pyridine rings is 1. The van der Waals surface area contributed by atoms with Crippen LogP contribution < -0.4 is 5.56 Å². The molecule has 1 N–H and O–H groups in total. The molecule has 0 aliphatic rings. The maximum Gasteiger partial charge on any atom is 0.286 e. The minimum atomic E-state index is -3.17. The lowest BCUT2D eigenvalue weighted by Crippen LogP contribution is -2.15. The van der Waals surface area contributed by atoms with Crippen molar-refractivity contribution in [2.24, 2.45) is 0 Å². The number of aromatic amines is 1. The van der Waals surface area contributed by atoms with Crippen LogP contribution in [0.15, 0.2) is 15.5 Å². The van der Waals surface area contributed by atoms with Gasteiger partial charge in [-0.2, -0.15) is 0 Å². The largest absolute Gasteiger partial charge is 0.316 e. The second-order valence-corrected chi connectivity index (χ2v) is 3.16. The number of nitrogens with zero attached hydrogens (tertiary/aromatic N) is 1. The first kappa shape index (κ1) is 10.8. The highest BCUT2D eigenvalue weighted by Crippen LogP contribution is 2.26. The van der Waals surface area contributed by atoms with Crippen LogP contribution in [0.3, 0.4) is 0 Å². The Morgan fingerprint density at radius 3 is 2.57 bits per heavy atom. The van der Waals surface area contributed by atoms with Crippen LogP contribution in [0.4, 0.5) is 14.5 Å². The summed E-state index contributed by atoms with van der Waals surface area (Å²) in [7, 11) is 0. The Bertz CT molecular complexity index is 432. The highest BCUT2D eigenvalue weighted by molar-refractivity contribution is 9.10. The molecule has 0 saturated heterocycles. The molecule has 0 spiro atoms. The standard InChI is InChI=1S/C6H3BrF2N2O3/c7-3-1-2(11(13)14)4(5(8)9)6(12)10-3/h1,5H,(H,10,12). The van der Waals surface area contributed by atoms with Crippen molar-refractivity contribution in [2.45, 2.75) is 6.43 Å². The molecule has 0 amide bonds. The third kappa shape index (κ3) is 1.95. The molecule has 0 aliphatic heterocycles. The van der Waals surface area contributed by atoms with Gasteiger partial charge in [-0.15, -0.1) is 0 Å². The van der Waals surface area contributed by atoms with Crippen molar-refractivity contribution in [3.63, 3.8) is 0 Å². The van der Waals surface area contributed by atoms with Crippen molar-refractivity contribution in [3.05, 3.63) is 36.7 Å². The van der Waals surface area contributed by atoms with E-state index in [-0.39, 0.29) is 4.60 Å². The van der Waals surface area contributed by atoms with Crippen LogP contribution in [0.25, 0.3) is 0 Å². The van der Waals surface area contributed by atoms with Crippen molar-refractivity contribution in [3.8, 4) is 0 Å². The number of alkyl halides is 2. The average molecular weight is 269 g/mol. The van der Waals surface area contributed by atoms with Gasteiger partial charge in [-0.25, -0.2) is 8.78 Å². The molecule has 0 unspecified atom stereocenters. The van der Waals surface area contributed by atoms with Gasteiger partial charge in [-0.1, -0.05) is 0 Å². The van der Waals surface area contributed by atoms with E-state index in [2.05, 4.69) is 15.9 Å². The van der Waals surface area contributed by atoms with E-state index in [4.69, 9.17) is 0 Å². The molecule has 0 aliphatic carbocycles. The molecule has 5 nitrogen and oxygen atoms in total. The number of H-pyrrole nitrogens is 1. The van der Waals surface area contributed by atoms with Crippen LogP contribution in [0.2, 0.25) is 0 Å². The van der Waals surface area contributed by atoms with E-state index in [0.717, 1.165) is 6.07 Å². The second kappa shape index (κ2) is 3.82. The van der Waals surface area contributed by atoms with Crippen molar-refractivity contribution in [2.75, 3.05) is 0 Å². The lowest BCUT2D eigenvalue weighted by molar-refractivity contribution is -0.386. The molecule has 0 radical (unpaired) electrons. The van der Waals surface area contributed by atoms with Gasteiger partial charge in [-0.3, -0.25) is 14.9 Å². The number of halogens is 3. The zero-order valence-corrected chi connectivity index (χ0v) is 8.05. The van der Waals surface area contributed by atoms with Gasteiger partial charge in [-0.05, 0) is 15.9 Å². The summed E-state index contributed by atoms with van der Waals surface area (Å²) in [6.45, 7) is 0. The fourth-order valence-electron chi connectivity index (χ4n) is 0.888. The Morgan fingerprint density at radius 2 is 2.14 bits per heavy atom. The van der Waals surface area contributed by atoms with Crippen LogP contribution in [-0.4, -0.2) is 9.91 Å². The number of hydrogen-bond acceptors (Lipinski definition) is 3.